The monoisotopic (exact) mass is 254 g/mol. The van der Waals surface area contributed by atoms with Crippen LogP contribution in [0.15, 0.2) is 48.7 Å². The van der Waals surface area contributed by atoms with Gasteiger partial charge in [0.1, 0.15) is 11.6 Å². The van der Waals surface area contributed by atoms with Gasteiger partial charge in [-0.25, -0.2) is 20.2 Å². The second-order valence-corrected chi connectivity index (χ2v) is 4.05. The first kappa shape index (κ1) is 11.6. The number of halogens is 1. The van der Waals surface area contributed by atoms with Crippen molar-refractivity contribution in [2.24, 2.45) is 5.84 Å². The quantitative estimate of drug-likeness (QED) is 0.545. The molecule has 0 aliphatic carbocycles. The number of nitrogens with one attached hydrogen (secondary N) is 1. The van der Waals surface area contributed by atoms with E-state index in [0.29, 0.717) is 17.0 Å². The van der Waals surface area contributed by atoms with Crippen molar-refractivity contribution in [2.45, 2.75) is 0 Å². The molecule has 0 bridgehead atoms. The number of anilines is 1. The summed E-state index contributed by atoms with van der Waals surface area (Å²) in [6, 6.07) is 12.0. The molecule has 2 aromatic carbocycles. The zero-order valence-corrected chi connectivity index (χ0v) is 9.97. The molecule has 3 rings (SSSR count). The summed E-state index contributed by atoms with van der Waals surface area (Å²) in [5, 5.41) is 1.33. The van der Waals surface area contributed by atoms with E-state index in [4.69, 9.17) is 5.84 Å². The minimum absolute atomic E-state index is 0.257. The van der Waals surface area contributed by atoms with Crippen LogP contribution in [0.3, 0.4) is 0 Å². The fourth-order valence-electron chi connectivity index (χ4n) is 2.03. The van der Waals surface area contributed by atoms with E-state index in [2.05, 4.69) is 15.4 Å². The second-order valence-electron chi connectivity index (χ2n) is 4.05. The minimum Gasteiger partial charge on any atom is -0.308 e. The largest absolute Gasteiger partial charge is 0.308 e. The summed E-state index contributed by atoms with van der Waals surface area (Å²) in [4.78, 5) is 8.48. The summed E-state index contributed by atoms with van der Waals surface area (Å²) in [6.07, 6.45) is 1.61. The minimum atomic E-state index is -0.257. The molecule has 4 nitrogen and oxygen atoms in total. The van der Waals surface area contributed by atoms with Gasteiger partial charge in [-0.15, -0.1) is 0 Å². The number of hydrogen-bond acceptors (Lipinski definition) is 4. The van der Waals surface area contributed by atoms with Crippen molar-refractivity contribution >= 4 is 16.6 Å². The molecular weight excluding hydrogens is 243 g/mol. The fourth-order valence-corrected chi connectivity index (χ4v) is 2.03. The van der Waals surface area contributed by atoms with Gasteiger partial charge >= 0.3 is 0 Å². The van der Waals surface area contributed by atoms with Crippen LogP contribution in [-0.2, 0) is 0 Å². The number of rotatable bonds is 2. The number of nitrogens with two attached hydrogens (primary N) is 1. The first-order valence-electron chi connectivity index (χ1n) is 5.77. The van der Waals surface area contributed by atoms with Crippen LogP contribution in [0.25, 0.3) is 22.2 Å². The Morgan fingerprint density at radius 3 is 2.58 bits per heavy atom. The van der Waals surface area contributed by atoms with E-state index in [-0.39, 0.29) is 5.82 Å². The summed E-state index contributed by atoms with van der Waals surface area (Å²) in [7, 11) is 0. The number of aromatic nitrogens is 2. The van der Waals surface area contributed by atoms with Gasteiger partial charge in [-0.2, -0.15) is 0 Å². The summed E-state index contributed by atoms with van der Waals surface area (Å²) in [5.74, 6) is 6.09. The maximum absolute atomic E-state index is 13.8. The zero-order chi connectivity index (χ0) is 13.2. The van der Waals surface area contributed by atoms with Crippen molar-refractivity contribution < 1.29 is 4.39 Å². The summed E-state index contributed by atoms with van der Waals surface area (Å²) in [5.41, 5.74) is 3.24. The number of hydrazine groups is 1. The Labute approximate surface area is 109 Å². The average molecular weight is 254 g/mol. The molecule has 0 atom stereocenters. The van der Waals surface area contributed by atoms with Gasteiger partial charge in [-0.3, -0.25) is 0 Å². The molecule has 1 heterocycles. The normalized spacial score (nSPS) is 10.6. The zero-order valence-electron chi connectivity index (χ0n) is 9.97. The number of fused-ring (bicyclic) bond motifs is 1. The first-order chi connectivity index (χ1) is 9.29. The number of hydrogen-bond donors (Lipinski definition) is 2. The van der Waals surface area contributed by atoms with Crippen LogP contribution in [0.2, 0.25) is 0 Å². The van der Waals surface area contributed by atoms with Crippen molar-refractivity contribution in [3.05, 3.63) is 54.5 Å². The van der Waals surface area contributed by atoms with E-state index in [1.165, 1.54) is 6.07 Å². The second kappa shape index (κ2) is 4.62. The van der Waals surface area contributed by atoms with Crippen LogP contribution in [-0.4, -0.2) is 9.97 Å². The third-order valence-electron chi connectivity index (χ3n) is 2.92. The molecule has 19 heavy (non-hydrogen) atoms. The predicted octanol–water partition coefficient (Wildman–Crippen LogP) is 2.72. The van der Waals surface area contributed by atoms with Crippen LogP contribution < -0.4 is 11.3 Å². The van der Waals surface area contributed by atoms with Gasteiger partial charge in [-0.1, -0.05) is 24.3 Å². The lowest BCUT2D eigenvalue weighted by Gasteiger charge is -2.07. The number of nitrogen functional groups attached to an aromatic ring is 1. The molecule has 0 fully saturated rings. The van der Waals surface area contributed by atoms with E-state index in [1.54, 1.807) is 30.5 Å². The maximum Gasteiger partial charge on any atom is 0.162 e. The van der Waals surface area contributed by atoms with Gasteiger partial charge < -0.3 is 5.43 Å². The van der Waals surface area contributed by atoms with E-state index in [1.807, 2.05) is 12.1 Å². The van der Waals surface area contributed by atoms with E-state index < -0.39 is 0 Å². The highest BCUT2D eigenvalue weighted by atomic mass is 19.1. The highest BCUT2D eigenvalue weighted by Gasteiger charge is 2.09. The Balaban J connectivity index is 2.28. The van der Waals surface area contributed by atoms with Gasteiger partial charge in [0.15, 0.2) is 5.82 Å². The lowest BCUT2D eigenvalue weighted by molar-refractivity contribution is 0.640. The third-order valence-corrected chi connectivity index (χ3v) is 2.92. The van der Waals surface area contributed by atoms with Gasteiger partial charge in [0.2, 0.25) is 0 Å². The van der Waals surface area contributed by atoms with Crippen molar-refractivity contribution in [3.8, 4) is 11.4 Å². The first-order valence-corrected chi connectivity index (χ1v) is 5.77. The lowest BCUT2D eigenvalue weighted by atomic mass is 10.0. The Hall–Kier alpha value is -2.53. The summed E-state index contributed by atoms with van der Waals surface area (Å²) < 4.78 is 13.8. The topological polar surface area (TPSA) is 63.8 Å². The van der Waals surface area contributed by atoms with Crippen LogP contribution in [0.4, 0.5) is 10.2 Å². The maximum atomic E-state index is 13.8. The Morgan fingerprint density at radius 1 is 1.00 bits per heavy atom. The molecule has 0 saturated carbocycles. The van der Waals surface area contributed by atoms with E-state index in [9.17, 15) is 4.39 Å². The molecule has 5 heteroatoms. The highest BCUT2D eigenvalue weighted by Crippen LogP contribution is 2.28. The Kier molecular flexibility index (Phi) is 2.81. The van der Waals surface area contributed by atoms with Crippen LogP contribution in [0.1, 0.15) is 0 Å². The van der Waals surface area contributed by atoms with E-state index in [0.717, 1.165) is 10.9 Å². The SMILES string of the molecule is NNc1ccnc(-c2ccc(F)c3ccccc23)n1. The Morgan fingerprint density at radius 2 is 1.79 bits per heavy atom. The predicted molar refractivity (Wildman–Crippen MR) is 72.7 cm³/mol. The molecule has 3 N–H and O–H groups in total. The third kappa shape index (κ3) is 2.00. The molecule has 0 radical (unpaired) electrons. The standard InChI is InChI=1S/C14H11FN4/c15-12-6-5-11(9-3-1-2-4-10(9)12)14-17-8-7-13(18-14)19-16/h1-8H,16H2,(H,17,18,19). The smallest absolute Gasteiger partial charge is 0.162 e. The molecule has 94 valence electrons. The molecule has 1 aromatic heterocycles. The highest BCUT2D eigenvalue weighted by molar-refractivity contribution is 5.95. The van der Waals surface area contributed by atoms with Crippen LogP contribution in [0, 0.1) is 5.82 Å². The van der Waals surface area contributed by atoms with Gasteiger partial charge in [0.05, 0.1) is 0 Å². The average Bonchev–Trinajstić information content (AvgIpc) is 2.48. The molecular formula is C14H11FN4. The summed E-state index contributed by atoms with van der Waals surface area (Å²) >= 11 is 0. The van der Waals surface area contributed by atoms with Crippen molar-refractivity contribution in [1.29, 1.82) is 0 Å². The Bertz CT molecular complexity index is 742. The molecule has 0 saturated heterocycles. The molecule has 0 amide bonds. The van der Waals surface area contributed by atoms with Crippen LogP contribution in [0.5, 0.6) is 0 Å². The van der Waals surface area contributed by atoms with Gasteiger partial charge in [0.25, 0.3) is 0 Å². The molecule has 0 spiro atoms. The van der Waals surface area contributed by atoms with Crippen LogP contribution >= 0.6 is 0 Å². The molecule has 3 aromatic rings. The number of benzene rings is 2. The summed E-state index contributed by atoms with van der Waals surface area (Å²) in [6.45, 7) is 0. The van der Waals surface area contributed by atoms with Gasteiger partial charge in [-0.05, 0) is 17.5 Å². The van der Waals surface area contributed by atoms with Crippen molar-refractivity contribution in [2.75, 3.05) is 5.43 Å². The van der Waals surface area contributed by atoms with E-state index >= 15 is 0 Å². The number of nitrogens with zero attached hydrogens (tertiary/aromatic N) is 2. The molecule has 0 aliphatic rings. The molecule has 0 unspecified atom stereocenters. The lowest BCUT2D eigenvalue weighted by Crippen LogP contribution is -2.09. The van der Waals surface area contributed by atoms with Gasteiger partial charge in [0, 0.05) is 23.2 Å². The van der Waals surface area contributed by atoms with Crippen molar-refractivity contribution in [1.82, 2.24) is 9.97 Å². The fraction of sp³-hybridized carbons (Fsp3) is 0. The molecule has 0 aliphatic heterocycles. The van der Waals surface area contributed by atoms with Crippen molar-refractivity contribution in [3.63, 3.8) is 0 Å².